The fourth-order valence-corrected chi connectivity index (χ4v) is 3.29. The second-order valence-corrected chi connectivity index (χ2v) is 6.38. The minimum absolute atomic E-state index is 0.0958. The van der Waals surface area contributed by atoms with Gasteiger partial charge in [-0.1, -0.05) is 12.1 Å². The zero-order valence-corrected chi connectivity index (χ0v) is 15.3. The van der Waals surface area contributed by atoms with Crippen LogP contribution in [0.25, 0.3) is 16.6 Å². The number of nitrogens with one attached hydrogen (secondary N) is 2. The van der Waals surface area contributed by atoms with Gasteiger partial charge >= 0.3 is 0 Å². The van der Waals surface area contributed by atoms with Gasteiger partial charge < -0.3 is 24.5 Å². The fraction of sp³-hybridized carbons (Fsp3) is 0.200. The number of ether oxygens (including phenoxy) is 2. The first-order chi connectivity index (χ1) is 13.0. The lowest BCUT2D eigenvalue weighted by Gasteiger charge is -2.20. The molecule has 0 fully saturated rings. The first-order valence-corrected chi connectivity index (χ1v) is 8.49. The molecule has 0 bridgehead atoms. The van der Waals surface area contributed by atoms with Crippen molar-refractivity contribution in [1.29, 1.82) is 5.41 Å². The van der Waals surface area contributed by atoms with Gasteiger partial charge in [-0.15, -0.1) is 0 Å². The van der Waals surface area contributed by atoms with Crippen molar-refractivity contribution < 1.29 is 14.6 Å². The minimum Gasteiger partial charge on any atom is -0.509 e. The molecule has 0 radical (unpaired) electrons. The molecule has 1 aliphatic heterocycles. The number of H-pyrrole nitrogens is 1. The van der Waals surface area contributed by atoms with Crippen LogP contribution in [0.3, 0.4) is 0 Å². The molecule has 0 saturated carbocycles. The van der Waals surface area contributed by atoms with Gasteiger partial charge in [-0.2, -0.15) is 0 Å². The Morgan fingerprint density at radius 3 is 2.48 bits per heavy atom. The molecule has 1 aliphatic rings. The van der Waals surface area contributed by atoms with Crippen molar-refractivity contribution in [2.24, 2.45) is 0 Å². The van der Waals surface area contributed by atoms with Crippen LogP contribution >= 0.6 is 0 Å². The van der Waals surface area contributed by atoms with Crippen LogP contribution in [0, 0.1) is 12.3 Å². The summed E-state index contributed by atoms with van der Waals surface area (Å²) in [5.41, 5.74) is 3.84. The van der Waals surface area contributed by atoms with Gasteiger partial charge in [-0.05, 0) is 18.6 Å². The zero-order valence-electron chi connectivity index (χ0n) is 15.3. The second-order valence-electron chi connectivity index (χ2n) is 6.38. The van der Waals surface area contributed by atoms with Crippen LogP contribution in [-0.4, -0.2) is 41.7 Å². The molecule has 1 aromatic heterocycles. The van der Waals surface area contributed by atoms with E-state index in [0.29, 0.717) is 28.6 Å². The van der Waals surface area contributed by atoms with Gasteiger partial charge in [0.05, 0.1) is 43.1 Å². The van der Waals surface area contributed by atoms with Crippen LogP contribution in [0.1, 0.15) is 11.4 Å². The highest BCUT2D eigenvalue weighted by Gasteiger charge is 2.32. The number of hydrogen-bond donors (Lipinski definition) is 3. The van der Waals surface area contributed by atoms with Gasteiger partial charge in [0.1, 0.15) is 28.9 Å². The van der Waals surface area contributed by atoms with E-state index in [4.69, 9.17) is 14.9 Å². The average molecular weight is 364 g/mol. The number of aromatic nitrogens is 2. The molecular formula is C20H20N4O3. The summed E-state index contributed by atoms with van der Waals surface area (Å²) in [4.78, 5) is 9.50. The Labute approximate surface area is 156 Å². The highest BCUT2D eigenvalue weighted by Crippen LogP contribution is 2.35. The number of imidazole rings is 1. The van der Waals surface area contributed by atoms with E-state index >= 15 is 0 Å². The molecule has 27 heavy (non-hydrogen) atoms. The van der Waals surface area contributed by atoms with Crippen LogP contribution in [0.15, 0.2) is 42.2 Å². The molecule has 2 aromatic carbocycles. The summed E-state index contributed by atoms with van der Waals surface area (Å²) in [6, 6.07) is 11.2. The summed E-state index contributed by atoms with van der Waals surface area (Å²) in [5, 5.41) is 19.2. The third-order valence-electron chi connectivity index (χ3n) is 4.70. The van der Waals surface area contributed by atoms with E-state index in [0.717, 1.165) is 16.6 Å². The molecule has 3 aromatic rings. The van der Waals surface area contributed by atoms with E-state index in [1.165, 1.54) is 0 Å². The van der Waals surface area contributed by atoms with Gasteiger partial charge in [-0.3, -0.25) is 5.41 Å². The predicted octanol–water partition coefficient (Wildman–Crippen LogP) is 3.66. The summed E-state index contributed by atoms with van der Waals surface area (Å²) in [7, 11) is 3.15. The molecular weight excluding hydrogens is 344 g/mol. The maximum absolute atomic E-state index is 10.6. The summed E-state index contributed by atoms with van der Waals surface area (Å²) in [6.45, 7) is 2.16. The molecule has 0 spiro atoms. The van der Waals surface area contributed by atoms with Crippen LogP contribution in [0.2, 0.25) is 0 Å². The number of anilines is 1. The number of amidine groups is 1. The van der Waals surface area contributed by atoms with Gasteiger partial charge in [0.2, 0.25) is 0 Å². The first kappa shape index (κ1) is 17.0. The van der Waals surface area contributed by atoms with Crippen LogP contribution in [0.4, 0.5) is 5.69 Å². The van der Waals surface area contributed by atoms with Gasteiger partial charge in [0.15, 0.2) is 0 Å². The predicted molar refractivity (Wildman–Crippen MR) is 105 cm³/mol. The number of benzene rings is 2. The summed E-state index contributed by atoms with van der Waals surface area (Å²) < 4.78 is 10.6. The highest BCUT2D eigenvalue weighted by atomic mass is 16.5. The Balaban J connectivity index is 1.74. The van der Waals surface area contributed by atoms with Crippen molar-refractivity contribution in [2.75, 3.05) is 25.7 Å². The van der Waals surface area contributed by atoms with Crippen molar-refractivity contribution in [3.8, 4) is 11.5 Å². The van der Waals surface area contributed by atoms with E-state index in [1.54, 1.807) is 37.3 Å². The number of aromatic amines is 1. The Bertz CT molecular complexity index is 1060. The molecule has 3 N–H and O–H groups in total. The number of rotatable bonds is 4. The number of fused-ring (bicyclic) bond motifs is 1. The molecule has 7 nitrogen and oxygen atoms in total. The monoisotopic (exact) mass is 364 g/mol. The highest BCUT2D eigenvalue weighted by molar-refractivity contribution is 6.30. The number of para-hydroxylation sites is 1. The van der Waals surface area contributed by atoms with Crippen molar-refractivity contribution >= 4 is 28.1 Å². The fourth-order valence-electron chi connectivity index (χ4n) is 3.29. The zero-order chi connectivity index (χ0) is 19.1. The summed E-state index contributed by atoms with van der Waals surface area (Å²) in [6.07, 6.45) is 0. The average Bonchev–Trinajstić information content (AvgIpc) is 3.22. The standard InChI is InChI=1S/C20H20N4O3/c1-11-5-4-6-15-18(11)23-20(22-15)17-16(25)10-24(19(17)21)12-7-13(26-2)9-14(8-12)27-3/h4-9,21,25H,10H2,1-3H3,(H,22,23). The number of aryl methyl sites for hydroxylation is 1. The minimum atomic E-state index is 0.0958. The molecule has 7 heteroatoms. The van der Waals surface area contributed by atoms with E-state index in [9.17, 15) is 5.11 Å². The number of nitrogens with zero attached hydrogens (tertiary/aromatic N) is 2. The quantitative estimate of drug-likeness (QED) is 0.657. The lowest BCUT2D eigenvalue weighted by Crippen LogP contribution is -2.26. The molecule has 0 atom stereocenters. The van der Waals surface area contributed by atoms with Gasteiger partial charge in [0.25, 0.3) is 0 Å². The Morgan fingerprint density at radius 2 is 1.85 bits per heavy atom. The third kappa shape index (κ3) is 2.77. The number of aliphatic hydroxyl groups is 1. The summed E-state index contributed by atoms with van der Waals surface area (Å²) >= 11 is 0. The van der Waals surface area contributed by atoms with Crippen LogP contribution < -0.4 is 14.4 Å². The van der Waals surface area contributed by atoms with Crippen LogP contribution in [-0.2, 0) is 0 Å². The Morgan fingerprint density at radius 1 is 1.15 bits per heavy atom. The van der Waals surface area contributed by atoms with Crippen molar-refractivity contribution in [3.05, 3.63) is 53.5 Å². The van der Waals surface area contributed by atoms with E-state index in [1.807, 2.05) is 25.1 Å². The van der Waals surface area contributed by atoms with E-state index < -0.39 is 0 Å². The smallest absolute Gasteiger partial charge is 0.145 e. The molecule has 0 unspecified atom stereocenters. The van der Waals surface area contributed by atoms with Crippen molar-refractivity contribution in [2.45, 2.75) is 6.92 Å². The number of aliphatic hydroxyl groups excluding tert-OH is 1. The van der Waals surface area contributed by atoms with Crippen molar-refractivity contribution in [3.63, 3.8) is 0 Å². The van der Waals surface area contributed by atoms with Gasteiger partial charge in [0, 0.05) is 18.2 Å². The second kappa shape index (κ2) is 6.35. The van der Waals surface area contributed by atoms with E-state index in [-0.39, 0.29) is 18.1 Å². The topological polar surface area (TPSA) is 94.5 Å². The van der Waals surface area contributed by atoms with E-state index in [2.05, 4.69) is 9.97 Å². The first-order valence-electron chi connectivity index (χ1n) is 8.49. The molecule has 4 rings (SSSR count). The largest absolute Gasteiger partial charge is 0.509 e. The molecule has 2 heterocycles. The maximum Gasteiger partial charge on any atom is 0.145 e. The molecule has 0 amide bonds. The number of hydrogen-bond acceptors (Lipinski definition) is 5. The van der Waals surface area contributed by atoms with Crippen molar-refractivity contribution in [1.82, 2.24) is 9.97 Å². The van der Waals surface area contributed by atoms with Gasteiger partial charge in [-0.25, -0.2) is 4.98 Å². The third-order valence-corrected chi connectivity index (χ3v) is 4.70. The Kier molecular flexibility index (Phi) is 3.99. The Hall–Kier alpha value is -3.48. The summed E-state index contributed by atoms with van der Waals surface area (Å²) in [5.74, 6) is 1.98. The lowest BCUT2D eigenvalue weighted by molar-refractivity contribution is 0.394. The maximum atomic E-state index is 10.6. The molecule has 0 aliphatic carbocycles. The molecule has 0 saturated heterocycles. The van der Waals surface area contributed by atoms with Crippen LogP contribution in [0.5, 0.6) is 11.5 Å². The SMILES string of the molecule is COc1cc(OC)cc(N2CC(O)=C(c3nc4c(C)cccc4[nH]3)C2=N)c1. The number of methoxy groups -OCH3 is 2. The molecule has 138 valence electrons. The normalized spacial score (nSPS) is 14.3. The lowest BCUT2D eigenvalue weighted by atomic mass is 10.2.